The van der Waals surface area contributed by atoms with E-state index in [0.29, 0.717) is 25.2 Å². The van der Waals surface area contributed by atoms with Crippen LogP contribution in [0.1, 0.15) is 45.9 Å². The molecular weight excluding hydrogens is 292 g/mol. The molecule has 1 aromatic rings. The summed E-state index contributed by atoms with van der Waals surface area (Å²) in [4.78, 5) is 6.93. The Balaban J connectivity index is 1.71. The van der Waals surface area contributed by atoms with Gasteiger partial charge in [-0.1, -0.05) is 13.8 Å². The highest BCUT2D eigenvalue weighted by Gasteiger charge is 2.44. The minimum Gasteiger partial charge on any atom is -0.390 e. The molecule has 1 aromatic heterocycles. The van der Waals surface area contributed by atoms with E-state index in [-0.39, 0.29) is 5.92 Å². The molecule has 2 fully saturated rings. The monoisotopic (exact) mass is 322 g/mol. The lowest BCUT2D eigenvalue weighted by Crippen LogP contribution is -2.52. The zero-order valence-corrected chi connectivity index (χ0v) is 14.6. The molecule has 1 N–H and O–H groups in total. The number of rotatable bonds is 5. The van der Waals surface area contributed by atoms with E-state index in [1.165, 1.54) is 6.42 Å². The van der Waals surface area contributed by atoms with E-state index in [9.17, 15) is 5.11 Å². The largest absolute Gasteiger partial charge is 0.390 e. The van der Waals surface area contributed by atoms with Crippen molar-refractivity contribution in [3.63, 3.8) is 0 Å². The number of hydrogen-bond donors (Lipinski definition) is 1. The molecular formula is C17H30N4O2. The van der Waals surface area contributed by atoms with Crippen LogP contribution in [0.25, 0.3) is 0 Å². The van der Waals surface area contributed by atoms with Crippen LogP contribution in [0, 0.1) is 11.8 Å². The topological polar surface area (TPSA) is 63.4 Å². The molecule has 130 valence electrons. The SMILES string of the molecule is CC(C)Cn1ncnc1CN1CCCC1C1COCCC1(C)O. The number of nitrogens with zero attached hydrogens (tertiary/aromatic N) is 4. The molecule has 0 aromatic carbocycles. The third kappa shape index (κ3) is 3.75. The fourth-order valence-electron chi connectivity index (χ4n) is 3.97. The first-order chi connectivity index (χ1) is 11.0. The van der Waals surface area contributed by atoms with Crippen LogP contribution in [0.4, 0.5) is 0 Å². The van der Waals surface area contributed by atoms with Crippen LogP contribution >= 0.6 is 0 Å². The molecule has 3 rings (SSSR count). The highest BCUT2D eigenvalue weighted by Crippen LogP contribution is 2.36. The predicted molar refractivity (Wildman–Crippen MR) is 87.8 cm³/mol. The summed E-state index contributed by atoms with van der Waals surface area (Å²) in [6.45, 7) is 10.5. The number of ether oxygens (including phenoxy) is 1. The van der Waals surface area contributed by atoms with Gasteiger partial charge in [-0.2, -0.15) is 5.10 Å². The zero-order chi connectivity index (χ0) is 16.4. The van der Waals surface area contributed by atoms with Crippen LogP contribution in [-0.2, 0) is 17.8 Å². The first-order valence-electron chi connectivity index (χ1n) is 8.88. The van der Waals surface area contributed by atoms with Crippen molar-refractivity contribution in [2.45, 2.75) is 64.8 Å². The summed E-state index contributed by atoms with van der Waals surface area (Å²) >= 11 is 0. The molecule has 0 amide bonds. The van der Waals surface area contributed by atoms with E-state index < -0.39 is 5.60 Å². The van der Waals surface area contributed by atoms with Gasteiger partial charge in [-0.3, -0.25) is 4.90 Å². The van der Waals surface area contributed by atoms with E-state index in [4.69, 9.17) is 4.74 Å². The van der Waals surface area contributed by atoms with Crippen LogP contribution in [-0.4, -0.2) is 56.2 Å². The Labute approximate surface area is 138 Å². The molecule has 3 atom stereocenters. The highest BCUT2D eigenvalue weighted by molar-refractivity contribution is 4.98. The first-order valence-corrected chi connectivity index (χ1v) is 8.88. The van der Waals surface area contributed by atoms with Crippen molar-refractivity contribution in [2.75, 3.05) is 19.8 Å². The lowest BCUT2D eigenvalue weighted by molar-refractivity contribution is -0.123. The predicted octanol–water partition coefficient (Wildman–Crippen LogP) is 1.69. The van der Waals surface area contributed by atoms with Crippen LogP contribution in [0.5, 0.6) is 0 Å². The second-order valence-corrected chi connectivity index (χ2v) is 7.72. The van der Waals surface area contributed by atoms with Gasteiger partial charge in [0, 0.05) is 25.1 Å². The van der Waals surface area contributed by atoms with Gasteiger partial charge in [0.05, 0.1) is 18.8 Å². The maximum absolute atomic E-state index is 10.8. The second kappa shape index (κ2) is 6.87. The lowest BCUT2D eigenvalue weighted by atomic mass is 9.79. The van der Waals surface area contributed by atoms with Crippen molar-refractivity contribution in [1.29, 1.82) is 0 Å². The average molecular weight is 322 g/mol. The molecule has 23 heavy (non-hydrogen) atoms. The number of aliphatic hydroxyl groups is 1. The Hall–Kier alpha value is -0.980. The maximum atomic E-state index is 10.8. The van der Waals surface area contributed by atoms with Gasteiger partial charge in [0.1, 0.15) is 12.2 Å². The molecule has 6 heteroatoms. The Morgan fingerprint density at radius 2 is 2.30 bits per heavy atom. The third-order valence-corrected chi connectivity index (χ3v) is 5.31. The van der Waals surface area contributed by atoms with Crippen LogP contribution in [0.3, 0.4) is 0 Å². The van der Waals surface area contributed by atoms with Gasteiger partial charge in [0.15, 0.2) is 0 Å². The van der Waals surface area contributed by atoms with Crippen molar-refractivity contribution >= 4 is 0 Å². The lowest BCUT2D eigenvalue weighted by Gasteiger charge is -2.43. The summed E-state index contributed by atoms with van der Waals surface area (Å²) in [5.74, 6) is 1.76. The van der Waals surface area contributed by atoms with Crippen molar-refractivity contribution in [3.8, 4) is 0 Å². The maximum Gasteiger partial charge on any atom is 0.141 e. The van der Waals surface area contributed by atoms with Gasteiger partial charge in [-0.25, -0.2) is 9.67 Å². The minimum atomic E-state index is -0.628. The van der Waals surface area contributed by atoms with Gasteiger partial charge in [0.25, 0.3) is 0 Å². The smallest absolute Gasteiger partial charge is 0.141 e. The molecule has 2 saturated heterocycles. The zero-order valence-electron chi connectivity index (χ0n) is 14.6. The highest BCUT2D eigenvalue weighted by atomic mass is 16.5. The normalized spacial score (nSPS) is 32.7. The Morgan fingerprint density at radius 1 is 1.48 bits per heavy atom. The fraction of sp³-hybridized carbons (Fsp3) is 0.882. The molecule has 2 aliphatic heterocycles. The molecule has 0 aliphatic carbocycles. The molecule has 0 spiro atoms. The van der Waals surface area contributed by atoms with E-state index in [1.54, 1.807) is 6.33 Å². The summed E-state index contributed by atoms with van der Waals surface area (Å²) in [5.41, 5.74) is -0.628. The van der Waals surface area contributed by atoms with Gasteiger partial charge in [-0.15, -0.1) is 0 Å². The van der Waals surface area contributed by atoms with E-state index in [0.717, 1.165) is 38.3 Å². The third-order valence-electron chi connectivity index (χ3n) is 5.31. The number of likely N-dealkylation sites (tertiary alicyclic amines) is 1. The summed E-state index contributed by atoms with van der Waals surface area (Å²) in [6, 6.07) is 0.370. The average Bonchev–Trinajstić information content (AvgIpc) is 3.09. The molecule has 0 bridgehead atoms. The Bertz CT molecular complexity index is 514. The van der Waals surface area contributed by atoms with Crippen LogP contribution in [0.15, 0.2) is 6.33 Å². The minimum absolute atomic E-state index is 0.181. The van der Waals surface area contributed by atoms with Gasteiger partial charge in [-0.05, 0) is 38.6 Å². The molecule has 0 saturated carbocycles. The molecule has 2 aliphatic rings. The van der Waals surface area contributed by atoms with E-state index >= 15 is 0 Å². The summed E-state index contributed by atoms with van der Waals surface area (Å²) in [7, 11) is 0. The Kier molecular flexibility index (Phi) is 5.04. The summed E-state index contributed by atoms with van der Waals surface area (Å²) in [6.07, 6.45) is 4.69. The van der Waals surface area contributed by atoms with Gasteiger partial charge < -0.3 is 9.84 Å². The molecule has 0 radical (unpaired) electrons. The van der Waals surface area contributed by atoms with Crippen molar-refractivity contribution in [3.05, 3.63) is 12.2 Å². The van der Waals surface area contributed by atoms with Gasteiger partial charge >= 0.3 is 0 Å². The van der Waals surface area contributed by atoms with E-state index in [1.807, 2.05) is 11.6 Å². The Morgan fingerprint density at radius 3 is 3.04 bits per heavy atom. The number of hydrogen-bond acceptors (Lipinski definition) is 5. The molecule has 3 unspecified atom stereocenters. The van der Waals surface area contributed by atoms with Crippen molar-refractivity contribution in [2.24, 2.45) is 11.8 Å². The van der Waals surface area contributed by atoms with Crippen LogP contribution in [0.2, 0.25) is 0 Å². The molecule has 3 heterocycles. The number of aromatic nitrogens is 3. The van der Waals surface area contributed by atoms with E-state index in [2.05, 4.69) is 28.8 Å². The second-order valence-electron chi connectivity index (χ2n) is 7.72. The summed E-state index contributed by atoms with van der Waals surface area (Å²) < 4.78 is 7.69. The first kappa shape index (κ1) is 16.9. The van der Waals surface area contributed by atoms with Gasteiger partial charge in [0.2, 0.25) is 0 Å². The summed E-state index contributed by atoms with van der Waals surface area (Å²) in [5, 5.41) is 15.1. The molecule has 6 nitrogen and oxygen atoms in total. The quantitative estimate of drug-likeness (QED) is 0.894. The van der Waals surface area contributed by atoms with Crippen LogP contribution < -0.4 is 0 Å². The fourth-order valence-corrected chi connectivity index (χ4v) is 3.97. The standard InChI is InChI=1S/C17H30N4O2/c1-13(2)9-21-16(18-12-19-21)10-20-7-4-5-15(20)14-11-23-8-6-17(14,3)22/h12-15,22H,4-11H2,1-3H3. The van der Waals surface area contributed by atoms with Crippen molar-refractivity contribution in [1.82, 2.24) is 19.7 Å². The van der Waals surface area contributed by atoms with Crippen molar-refractivity contribution < 1.29 is 9.84 Å².